The number of aromatic nitrogens is 2. The molecule has 6 rings (SSSR count). The molecule has 16 nitrogen and oxygen atoms in total. The molecule has 0 spiro atoms. The number of likely N-dealkylation sites (N-methyl/N-ethyl adjacent to an activating group) is 1. The van der Waals surface area contributed by atoms with Crippen molar-refractivity contribution in [3.63, 3.8) is 0 Å². The number of carbonyl (C=O) groups is 5. The summed E-state index contributed by atoms with van der Waals surface area (Å²) in [4.78, 5) is 78.6. The molecule has 0 unspecified atom stereocenters. The predicted octanol–water partition coefficient (Wildman–Crippen LogP) is 4.90. The highest BCUT2D eigenvalue weighted by atomic mass is 16.5. The van der Waals surface area contributed by atoms with E-state index >= 15 is 0 Å². The van der Waals surface area contributed by atoms with Gasteiger partial charge in [0.25, 0.3) is 5.91 Å². The molecule has 0 radical (unpaired) electrons. The average molecular weight is 961 g/mol. The zero-order valence-corrected chi connectivity index (χ0v) is 42.6. The highest BCUT2D eigenvalue weighted by Crippen LogP contribution is 2.41. The summed E-state index contributed by atoms with van der Waals surface area (Å²) < 4.78 is 13.8. The summed E-state index contributed by atoms with van der Waals surface area (Å²) in [6, 6.07) is 12.2. The number of ether oxygens (including phenoxy) is 2. The Morgan fingerprint density at radius 3 is 2.53 bits per heavy atom. The van der Waals surface area contributed by atoms with E-state index in [9.17, 15) is 29.1 Å². The average Bonchev–Trinajstić information content (AvgIpc) is 3.93. The Morgan fingerprint density at radius 1 is 1.07 bits per heavy atom. The highest BCUT2D eigenvalue weighted by Gasteiger charge is 2.39. The summed E-state index contributed by atoms with van der Waals surface area (Å²) in [6.45, 7) is 13.5. The molecule has 4 aromatic rings. The van der Waals surface area contributed by atoms with Crippen LogP contribution in [0.15, 0.2) is 54.7 Å². The molecular formula is C54H72N8O8. The molecule has 5 atom stereocenters. The van der Waals surface area contributed by atoms with Crippen LogP contribution in [0.1, 0.15) is 77.6 Å². The molecule has 4 bridgehead atoms. The van der Waals surface area contributed by atoms with Gasteiger partial charge in [0, 0.05) is 74.8 Å². The van der Waals surface area contributed by atoms with Gasteiger partial charge in [-0.1, -0.05) is 45.7 Å². The number of pyridine rings is 1. The quantitative estimate of drug-likeness (QED) is 0.124. The monoisotopic (exact) mass is 961 g/mol. The van der Waals surface area contributed by atoms with Crippen LogP contribution in [0.5, 0.6) is 5.75 Å². The number of aromatic hydroxyl groups is 1. The summed E-state index contributed by atoms with van der Waals surface area (Å²) in [7, 11) is 6.98. The summed E-state index contributed by atoms with van der Waals surface area (Å²) in [6.07, 6.45) is 3.30. The molecule has 1 saturated heterocycles. The number of carbonyl (C=O) groups excluding carboxylic acids is 5. The van der Waals surface area contributed by atoms with Crippen LogP contribution in [-0.2, 0) is 59.4 Å². The van der Waals surface area contributed by atoms with Crippen LogP contribution in [0.2, 0.25) is 0 Å². The number of phenolic OH excluding ortho intramolecular Hbond substituents is 1. The Balaban J connectivity index is 1.36. The number of amides is 4. The first-order valence-electron chi connectivity index (χ1n) is 24.4. The number of esters is 1. The van der Waals surface area contributed by atoms with Gasteiger partial charge >= 0.3 is 5.97 Å². The van der Waals surface area contributed by atoms with E-state index in [1.165, 1.54) is 4.90 Å². The Kier molecular flexibility index (Phi) is 17.5. The van der Waals surface area contributed by atoms with E-state index in [1.54, 1.807) is 37.4 Å². The summed E-state index contributed by atoms with van der Waals surface area (Å²) >= 11 is 0. The second kappa shape index (κ2) is 23.1. The van der Waals surface area contributed by atoms with Gasteiger partial charge < -0.3 is 45.3 Å². The fraction of sp³-hybridized carbons (Fsp3) is 0.519. The van der Waals surface area contributed by atoms with Gasteiger partial charge in [-0.15, -0.1) is 0 Å². The molecule has 1 fully saturated rings. The van der Waals surface area contributed by atoms with Crippen molar-refractivity contribution >= 4 is 40.5 Å². The molecule has 2 aliphatic rings. The van der Waals surface area contributed by atoms with E-state index < -0.39 is 47.2 Å². The van der Waals surface area contributed by atoms with Gasteiger partial charge in [-0.2, -0.15) is 0 Å². The molecule has 2 aromatic heterocycles. The number of phenols is 1. The molecule has 70 heavy (non-hydrogen) atoms. The van der Waals surface area contributed by atoms with Crippen molar-refractivity contribution in [2.24, 2.45) is 23.0 Å². The van der Waals surface area contributed by atoms with Crippen LogP contribution in [0.4, 0.5) is 0 Å². The lowest BCUT2D eigenvalue weighted by Gasteiger charge is -2.33. The molecule has 5 N–H and O–H groups in total. The maximum absolute atomic E-state index is 14.5. The van der Waals surface area contributed by atoms with Crippen molar-refractivity contribution in [1.29, 1.82) is 0 Å². The van der Waals surface area contributed by atoms with Crippen LogP contribution >= 0.6 is 0 Å². The maximum atomic E-state index is 14.5. The molecule has 4 amide bonds. The summed E-state index contributed by atoms with van der Waals surface area (Å²) in [5.74, 6) is 2.57. The number of likely N-dealkylation sites (tertiary alicyclic amines) is 1. The summed E-state index contributed by atoms with van der Waals surface area (Å²) in [5, 5.41) is 18.2. The largest absolute Gasteiger partial charge is 0.508 e. The Labute approximate surface area is 412 Å². The third-order valence-electron chi connectivity index (χ3n) is 13.5. The van der Waals surface area contributed by atoms with E-state index in [-0.39, 0.29) is 62.1 Å². The van der Waals surface area contributed by atoms with Crippen LogP contribution in [0.25, 0.3) is 33.3 Å². The first-order chi connectivity index (χ1) is 33.2. The highest BCUT2D eigenvalue weighted by molar-refractivity contribution is 5.97. The molecule has 376 valence electrons. The first kappa shape index (κ1) is 53.1. The number of aryl methyl sites for hydroxylation is 1. The molecular weight excluding hydrogens is 889 g/mol. The number of nitrogens with two attached hydrogens (primary N) is 1. The van der Waals surface area contributed by atoms with Gasteiger partial charge in [-0.3, -0.25) is 33.9 Å². The van der Waals surface area contributed by atoms with Crippen LogP contribution in [0.3, 0.4) is 0 Å². The molecule has 4 heterocycles. The van der Waals surface area contributed by atoms with Crippen molar-refractivity contribution in [1.82, 2.24) is 34.9 Å². The molecule has 16 heteroatoms. The van der Waals surface area contributed by atoms with Crippen molar-refractivity contribution in [2.75, 3.05) is 54.5 Å². The lowest BCUT2D eigenvalue weighted by molar-refractivity contribution is -0.148. The smallest absolute Gasteiger partial charge is 0.322 e. The number of nitrogens with zero attached hydrogens (tertiary/aromatic N) is 5. The van der Waals surface area contributed by atoms with Gasteiger partial charge in [-0.05, 0) is 124 Å². The minimum absolute atomic E-state index is 0.00177. The number of methoxy groups -OCH3 is 1. The van der Waals surface area contributed by atoms with E-state index in [0.29, 0.717) is 50.1 Å². The number of hydrogen-bond donors (Lipinski definition) is 4. The maximum Gasteiger partial charge on any atom is 0.322 e. The molecule has 0 saturated carbocycles. The van der Waals surface area contributed by atoms with Crippen molar-refractivity contribution < 1.29 is 38.6 Å². The fourth-order valence-electron chi connectivity index (χ4n) is 9.53. The van der Waals surface area contributed by atoms with Gasteiger partial charge in [0.2, 0.25) is 17.7 Å². The minimum atomic E-state index is -1.13. The van der Waals surface area contributed by atoms with Gasteiger partial charge in [0.15, 0.2) is 0 Å². The number of hydrogen-bond acceptors (Lipinski definition) is 11. The van der Waals surface area contributed by atoms with E-state index in [1.807, 2.05) is 64.0 Å². The SMILES string of the molecule is CCn1c(-c2cccnc2COC)c2c3cc(ccc31)-c1cc(O)cc(c1)C[C@H](NC(=O)[C@H](C(C)C)N(C)C(=O)[C@H]1CCN(C(=O)C#C[C@H](C)N(C)C)C1)C(=O)NCCC[C@H](N)C(=O)OCC(C)(C)C2. The second-order valence-electron chi connectivity index (χ2n) is 20.2. The third kappa shape index (κ3) is 12.5. The first-order valence-corrected chi connectivity index (χ1v) is 24.4. The number of rotatable bonds is 10. The zero-order valence-electron chi connectivity index (χ0n) is 42.6. The number of benzene rings is 2. The lowest BCUT2D eigenvalue weighted by atomic mass is 9.84. The number of fused-ring (bicyclic) bond motifs is 4. The summed E-state index contributed by atoms with van der Waals surface area (Å²) in [5.41, 5.74) is 12.7. The van der Waals surface area contributed by atoms with Crippen molar-refractivity contribution in [2.45, 2.75) is 111 Å². The fourth-order valence-corrected chi connectivity index (χ4v) is 9.53. The minimum Gasteiger partial charge on any atom is -0.508 e. The van der Waals surface area contributed by atoms with Gasteiger partial charge in [0.1, 0.15) is 23.9 Å². The van der Waals surface area contributed by atoms with Crippen LogP contribution in [0, 0.1) is 29.1 Å². The van der Waals surface area contributed by atoms with Crippen molar-refractivity contribution in [3.8, 4) is 40.0 Å². The molecule has 2 aliphatic heterocycles. The van der Waals surface area contributed by atoms with E-state index in [2.05, 4.69) is 59.9 Å². The standard InChI is InChI=1S/C54H72N8O8/c1-11-62-46-18-17-36-28-41(46)42(49(62)40-14-12-21-56-45(40)31-69-10)29-54(5,6)32-70-53(68)43(55)15-13-22-57-50(65)44(26-35-24-38(36)27-39(63)25-35)58-51(66)48(33(2)3)60(9)52(67)37-20-23-61(30-37)47(64)19-16-34(4)59(7)8/h12,14,17-18,21,24-25,27-28,33-34,37,43-44,48,63H,11,13,15,20,22-23,26,29-32,55H2,1-10H3,(H,57,65)(H,58,66)/t34-,37-,43-,44-,48-/m0/s1. The Hall–Kier alpha value is -6.28. The number of nitrogens with one attached hydrogen (secondary N) is 2. The second-order valence-corrected chi connectivity index (χ2v) is 20.2. The lowest BCUT2D eigenvalue weighted by Crippen LogP contribution is -2.57. The van der Waals surface area contributed by atoms with E-state index in [0.717, 1.165) is 39.0 Å². The third-order valence-corrected chi connectivity index (χ3v) is 13.5. The zero-order chi connectivity index (χ0) is 51.0. The molecule has 2 aromatic carbocycles. The van der Waals surface area contributed by atoms with Gasteiger partial charge in [-0.25, -0.2) is 0 Å². The van der Waals surface area contributed by atoms with E-state index in [4.69, 9.17) is 20.2 Å². The van der Waals surface area contributed by atoms with Gasteiger partial charge in [0.05, 0.1) is 36.6 Å². The van der Waals surface area contributed by atoms with Crippen LogP contribution in [-0.4, -0.2) is 138 Å². The Bertz CT molecular complexity index is 2630. The van der Waals surface area contributed by atoms with Crippen LogP contribution < -0.4 is 16.4 Å². The topological polar surface area (TPSA) is 202 Å². The molecule has 0 aliphatic carbocycles. The Morgan fingerprint density at radius 2 is 1.83 bits per heavy atom. The predicted molar refractivity (Wildman–Crippen MR) is 270 cm³/mol. The number of cyclic esters (lactones) is 1. The normalized spacial score (nSPS) is 19.8. The van der Waals surface area contributed by atoms with Crippen molar-refractivity contribution in [3.05, 3.63) is 71.5 Å².